The van der Waals surface area contributed by atoms with Crippen LogP contribution in [-0.4, -0.2) is 0 Å². The smallest absolute Gasteiger partial charge is 0.216 e. The number of pyridine rings is 4. The average molecular weight is 1800 g/mol. The molecule has 1 aliphatic rings. The minimum atomic E-state index is -2.46. The first kappa shape index (κ1) is 81.0. The van der Waals surface area contributed by atoms with Crippen molar-refractivity contribution in [1.29, 1.82) is 0 Å². The molecule has 1 unspecified atom stereocenters. The van der Waals surface area contributed by atoms with Gasteiger partial charge in [-0.3, -0.25) is 0 Å². The summed E-state index contributed by atoms with van der Waals surface area (Å²) in [6.45, 7) is 55.9. The van der Waals surface area contributed by atoms with Crippen molar-refractivity contribution < 1.29 is 48.3 Å². The Bertz CT molecular complexity index is 8360. The van der Waals surface area contributed by atoms with E-state index in [-0.39, 0.29) is 5.92 Å². The number of aryl methyl sites for hydroxylation is 4. The van der Waals surface area contributed by atoms with E-state index in [4.69, 9.17) is 56.3 Å². The summed E-state index contributed by atoms with van der Waals surface area (Å²) in [6.07, 6.45) is 1.19. The van der Waals surface area contributed by atoms with E-state index in [1.165, 1.54) is 6.92 Å². The molecule has 676 valence electrons. The average Bonchev–Trinajstić information content (AvgIpc) is 1.53. The Labute approximate surface area is 817 Å². The zero-order valence-electron chi connectivity index (χ0n) is 90.0. The fourth-order valence-corrected chi connectivity index (χ4v) is 20.0. The molecule has 0 spiro atoms. The van der Waals surface area contributed by atoms with Crippen LogP contribution in [0.1, 0.15) is 165 Å². The van der Waals surface area contributed by atoms with E-state index in [1.807, 2.05) is 294 Å². The van der Waals surface area contributed by atoms with Crippen molar-refractivity contribution in [1.82, 2.24) is 0 Å². The van der Waals surface area contributed by atoms with E-state index in [1.54, 1.807) is 6.07 Å². The molecule has 21 rings (SSSR count). The highest BCUT2D eigenvalue weighted by molar-refractivity contribution is 6.19. The van der Waals surface area contributed by atoms with Crippen molar-refractivity contribution in [3.05, 3.63) is 380 Å². The number of benzene rings is 12. The lowest BCUT2D eigenvalue weighted by Crippen LogP contribution is -2.36. The SMILES string of the molecule is [2H]C([2H])([2H])C([2H])(C)c1ccc(-c2c(C)ccc3c2oc2c(-c4ccccc4)c([N+]#[C-])ccc23)[n+](C)c1C.[2H]C([2H])(c1ccc(-c2c(C)ccc3c2oc2c(-c4ccccc4)c([N+]#[C-])ccc23)[n+](C)c1C)C(C)(C)C.[2H]C([2H])(c1ccc(-c2c(C)ccc3c2oc2c(-c4ccccc4)c([N+]#[C-])ccc23)[n+](C)c1C)C(C)C.[2H]C1(c2ccc(-c3c(C)ccc4c3oc3c(-c5ccccc5)c([N+]#[C-])ccc34)[n+](C)c2C)CCCC1. The van der Waals surface area contributed by atoms with Crippen LogP contribution in [0, 0.1) is 93.0 Å². The van der Waals surface area contributed by atoms with Gasteiger partial charge in [0.1, 0.15) is 72.9 Å². The first-order chi connectivity index (χ1) is 69.5. The summed E-state index contributed by atoms with van der Waals surface area (Å²) in [5.41, 5.74) is 33.3. The Kier molecular flexibility index (Phi) is 22.3. The van der Waals surface area contributed by atoms with Crippen LogP contribution in [0.3, 0.4) is 0 Å². The first-order valence-electron chi connectivity index (χ1n) is 51.2. The van der Waals surface area contributed by atoms with E-state index in [0.717, 1.165) is 226 Å². The quantitative estimate of drug-likeness (QED) is 0.0850. The van der Waals surface area contributed by atoms with Crippen LogP contribution in [0.15, 0.2) is 285 Å². The molecule has 20 aromatic rings. The molecule has 0 N–H and O–H groups in total. The van der Waals surface area contributed by atoms with E-state index >= 15 is 0 Å². The van der Waals surface area contributed by atoms with Gasteiger partial charge in [-0.05, 0) is 145 Å². The predicted molar refractivity (Wildman–Crippen MR) is 563 cm³/mol. The molecule has 0 amide bonds. The van der Waals surface area contributed by atoms with Gasteiger partial charge in [-0.15, -0.1) is 0 Å². The van der Waals surface area contributed by atoms with E-state index < -0.39 is 36.8 Å². The molecule has 0 bridgehead atoms. The van der Waals surface area contributed by atoms with Crippen molar-refractivity contribution in [3.8, 4) is 89.5 Å². The summed E-state index contributed by atoms with van der Waals surface area (Å²) in [4.78, 5) is 15.2. The summed E-state index contributed by atoms with van der Waals surface area (Å²) in [5, 5.41) is 7.89. The third-order valence-electron chi connectivity index (χ3n) is 27.3. The van der Waals surface area contributed by atoms with E-state index in [2.05, 4.69) is 122 Å². The van der Waals surface area contributed by atoms with Crippen molar-refractivity contribution in [2.75, 3.05) is 0 Å². The Balaban J connectivity index is 0.000000128. The number of hydrogen-bond acceptors (Lipinski definition) is 4. The molecule has 8 heterocycles. The molecule has 1 fully saturated rings. The lowest BCUT2D eigenvalue weighted by atomic mass is 9.87. The van der Waals surface area contributed by atoms with Gasteiger partial charge in [-0.25, -0.2) is 19.4 Å². The molecule has 12 aromatic carbocycles. The maximum atomic E-state index is 9.07. The fourth-order valence-electron chi connectivity index (χ4n) is 20.0. The summed E-state index contributed by atoms with van der Waals surface area (Å²) in [5.74, 6) is -2.37. The summed E-state index contributed by atoms with van der Waals surface area (Å²) in [7, 11) is 7.95. The Morgan fingerprint density at radius 1 is 0.343 bits per heavy atom. The van der Waals surface area contributed by atoms with Gasteiger partial charge in [0.15, 0.2) is 45.5 Å². The lowest BCUT2D eigenvalue weighted by Gasteiger charge is -2.19. The van der Waals surface area contributed by atoms with Gasteiger partial charge in [0.25, 0.3) is 0 Å². The van der Waals surface area contributed by atoms with Crippen LogP contribution in [0.4, 0.5) is 22.7 Å². The highest BCUT2D eigenvalue weighted by Crippen LogP contribution is 2.51. The highest BCUT2D eigenvalue weighted by atomic mass is 16.3. The maximum absolute atomic E-state index is 9.07. The standard InChI is InChI=1S/C32H29N2O.C32H31N2O.C31H29N2O.C30H27N2O/c1-20-14-15-25-26-16-18-27(33-3)30(23-12-6-5-7-13-23)32(26)35-31(25)29(20)28-19-17-24(21(2)34(28)4)22-10-8-9-11-22;1-20-13-15-24-25-16-17-26(33-6)29(22-11-9-8-10-12-22)31(25)35-30(24)28(20)27-18-14-23(19-32(3,4)5)21(2)34(27)7;1-19(2)18-23-13-17-27(33(6)21(23)4)28-20(3)12-14-24-25-15-16-26(32-5)29(31(25)34-30(24)28)22-10-8-7-9-11-22;1-18(2)22-15-17-26(32(6)20(22)4)27-19(3)12-13-23-24-14-16-25(31-5)28(30(24)33-29(23)27)21-10-8-7-9-11-21/h5-7,12-19,22H,8-11H2,1-2,4H3;8-18H,19H2,1-5,7H3;7-17,19H,18H2,1-4,6H3;7-18H,1-4,6H3/q4*+1/i22D;19D2;18D2;1D3,18D. The third-order valence-corrected chi connectivity index (χ3v) is 27.3. The Morgan fingerprint density at radius 2 is 0.613 bits per heavy atom. The summed E-state index contributed by atoms with van der Waals surface area (Å²) < 4.78 is 111. The van der Waals surface area contributed by atoms with Crippen molar-refractivity contribution in [2.24, 2.45) is 39.5 Å². The third kappa shape index (κ3) is 16.9. The largest absolute Gasteiger partial charge is 0.456 e. The van der Waals surface area contributed by atoms with E-state index in [9.17, 15) is 0 Å². The van der Waals surface area contributed by atoms with Crippen LogP contribution >= 0.6 is 0 Å². The molecule has 1 saturated carbocycles. The minimum absolute atomic E-state index is 0.143. The molecule has 12 nitrogen and oxygen atoms in total. The minimum Gasteiger partial charge on any atom is -0.456 e. The van der Waals surface area contributed by atoms with Crippen LogP contribution in [-0.2, 0) is 40.9 Å². The van der Waals surface area contributed by atoms with E-state index in [0.29, 0.717) is 67.5 Å². The maximum Gasteiger partial charge on any atom is 0.216 e. The molecule has 1 aliphatic carbocycles. The molecule has 12 heteroatoms. The van der Waals surface area contributed by atoms with Crippen molar-refractivity contribution >= 4 is 111 Å². The Morgan fingerprint density at radius 3 is 0.912 bits per heavy atom. The normalized spacial score (nSPS) is 14.1. The second-order valence-electron chi connectivity index (χ2n) is 37.4. The van der Waals surface area contributed by atoms with Crippen LogP contribution in [0.2, 0.25) is 0 Å². The van der Waals surface area contributed by atoms with Crippen molar-refractivity contribution in [3.63, 3.8) is 0 Å². The van der Waals surface area contributed by atoms with Crippen LogP contribution < -0.4 is 18.3 Å². The molecule has 137 heavy (non-hydrogen) atoms. The molecule has 8 aromatic heterocycles. The number of furan rings is 4. The lowest BCUT2D eigenvalue weighted by molar-refractivity contribution is -0.667. The number of hydrogen-bond donors (Lipinski definition) is 0. The molecule has 0 aliphatic heterocycles. The van der Waals surface area contributed by atoms with Crippen LogP contribution in [0.25, 0.3) is 197 Å². The molecule has 1 atom stereocenters. The van der Waals surface area contributed by atoms with Gasteiger partial charge in [-0.2, -0.15) is 18.3 Å². The second kappa shape index (κ2) is 37.7. The molecule has 0 radical (unpaired) electrons. The number of rotatable bonds is 13. The van der Waals surface area contributed by atoms with Gasteiger partial charge in [-0.1, -0.05) is 280 Å². The summed E-state index contributed by atoms with van der Waals surface area (Å²) in [6, 6.07) is 87.7. The zero-order valence-corrected chi connectivity index (χ0v) is 81.0. The van der Waals surface area contributed by atoms with Gasteiger partial charge in [0, 0.05) is 152 Å². The zero-order chi connectivity index (χ0) is 104. The van der Waals surface area contributed by atoms with Gasteiger partial charge < -0.3 is 17.7 Å². The number of nitrogens with zero attached hydrogens (tertiary/aromatic N) is 8. The second-order valence-corrected chi connectivity index (χ2v) is 37.4. The predicted octanol–water partition coefficient (Wildman–Crippen LogP) is 33.2. The van der Waals surface area contributed by atoms with Gasteiger partial charge >= 0.3 is 0 Å². The van der Waals surface area contributed by atoms with Crippen LogP contribution in [0.5, 0.6) is 0 Å². The molecule has 0 saturated heterocycles. The number of aromatic nitrogens is 4. The first-order valence-corrected chi connectivity index (χ1v) is 46.7. The van der Waals surface area contributed by atoms with Gasteiger partial charge in [0.05, 0.1) is 48.5 Å². The summed E-state index contributed by atoms with van der Waals surface area (Å²) >= 11 is 0. The van der Waals surface area contributed by atoms with Crippen molar-refractivity contribution in [2.45, 2.75) is 154 Å². The molecular weight excluding hydrogens is 1680 g/mol. The number of fused-ring (bicyclic) bond motifs is 12. The monoisotopic (exact) mass is 1800 g/mol. The highest BCUT2D eigenvalue weighted by Gasteiger charge is 2.34. The topological polar surface area (TPSA) is 85.5 Å². The molecular formula is C125H116N8O4+4. The Hall–Kier alpha value is -15.6. The van der Waals surface area contributed by atoms with Gasteiger partial charge in [0.2, 0.25) is 22.8 Å². The fraction of sp³-hybridized carbons (Fsp3) is 0.232.